The second kappa shape index (κ2) is 8.32. The first-order chi connectivity index (χ1) is 9.17. The Bertz CT molecular complexity index is 388. The highest BCUT2D eigenvalue weighted by atomic mass is 16.5. The molecule has 0 saturated carbocycles. The average molecular weight is 264 g/mol. The molecule has 0 aromatic heterocycles. The lowest BCUT2D eigenvalue weighted by Gasteiger charge is -2.23. The van der Waals surface area contributed by atoms with E-state index in [1.165, 1.54) is 0 Å². The van der Waals surface area contributed by atoms with Crippen molar-refractivity contribution in [1.29, 1.82) is 0 Å². The summed E-state index contributed by atoms with van der Waals surface area (Å²) in [6.45, 7) is 5.21. The minimum Gasteiger partial charge on any atom is -0.488 e. The number of carbonyl (C=O) groups excluding carboxylic acids is 1. The third-order valence-electron chi connectivity index (χ3n) is 2.60. The molecule has 0 aliphatic rings. The normalized spacial score (nSPS) is 13.4. The van der Waals surface area contributed by atoms with Crippen molar-refractivity contribution in [3.05, 3.63) is 43.0 Å². The first-order valence-electron chi connectivity index (χ1n) is 6.36. The topological polar surface area (TPSA) is 55.8 Å². The van der Waals surface area contributed by atoms with Crippen LogP contribution in [-0.4, -0.2) is 29.9 Å². The number of carbonyl (C=O) groups is 1. The van der Waals surface area contributed by atoms with E-state index in [1.54, 1.807) is 0 Å². The number of aliphatic hydroxyl groups excluding tert-OH is 1. The smallest absolute Gasteiger partial charge is 0.330 e. The van der Waals surface area contributed by atoms with Crippen molar-refractivity contribution < 1.29 is 19.4 Å². The van der Waals surface area contributed by atoms with Crippen molar-refractivity contribution in [2.45, 2.75) is 32.0 Å². The molecule has 0 amide bonds. The number of aliphatic hydroxyl groups is 1. The Morgan fingerprint density at radius 1 is 1.42 bits per heavy atom. The maximum absolute atomic E-state index is 11.0. The van der Waals surface area contributed by atoms with E-state index in [1.807, 2.05) is 37.3 Å². The molecule has 0 bridgehead atoms. The molecule has 19 heavy (non-hydrogen) atoms. The van der Waals surface area contributed by atoms with Crippen LogP contribution in [0, 0.1) is 0 Å². The molecule has 4 heteroatoms. The van der Waals surface area contributed by atoms with Gasteiger partial charge in [0.25, 0.3) is 0 Å². The maximum atomic E-state index is 11.0. The molecule has 1 N–H and O–H groups in total. The fourth-order valence-corrected chi connectivity index (χ4v) is 1.62. The Kier molecular flexibility index (Phi) is 6.68. The van der Waals surface area contributed by atoms with Gasteiger partial charge in [-0.15, -0.1) is 0 Å². The molecule has 0 spiro atoms. The van der Waals surface area contributed by atoms with Crippen LogP contribution in [0.3, 0.4) is 0 Å². The van der Waals surface area contributed by atoms with E-state index < -0.39 is 18.2 Å². The van der Waals surface area contributed by atoms with Gasteiger partial charge in [-0.05, 0) is 18.6 Å². The highest BCUT2D eigenvalue weighted by Crippen LogP contribution is 2.16. The molecular weight excluding hydrogens is 244 g/mol. The summed E-state index contributed by atoms with van der Waals surface area (Å²) in [5.74, 6) is 0.143. The minimum atomic E-state index is -0.857. The summed E-state index contributed by atoms with van der Waals surface area (Å²) in [6.07, 6.45) is 1.36. The standard InChI is InChI=1S/C15H20O4/c1-3-8-14(13(16)11-18-15(17)4-2)19-12-9-6-5-7-10-12/h4-7,9-10,13-14,16H,2-3,8,11H2,1H3. The monoisotopic (exact) mass is 264 g/mol. The van der Waals surface area contributed by atoms with Gasteiger partial charge in [-0.3, -0.25) is 0 Å². The van der Waals surface area contributed by atoms with E-state index in [0.717, 1.165) is 12.5 Å². The summed E-state index contributed by atoms with van der Waals surface area (Å²) in [5, 5.41) is 10.0. The number of para-hydroxylation sites is 1. The third-order valence-corrected chi connectivity index (χ3v) is 2.60. The number of benzene rings is 1. The molecule has 0 saturated heterocycles. The summed E-state index contributed by atoms with van der Waals surface area (Å²) in [5.41, 5.74) is 0. The van der Waals surface area contributed by atoms with Crippen molar-refractivity contribution in [1.82, 2.24) is 0 Å². The number of hydrogen-bond donors (Lipinski definition) is 1. The Morgan fingerprint density at radius 3 is 2.68 bits per heavy atom. The number of rotatable bonds is 8. The van der Waals surface area contributed by atoms with Crippen LogP contribution in [0.5, 0.6) is 5.75 Å². The lowest BCUT2D eigenvalue weighted by Crippen LogP contribution is -2.36. The van der Waals surface area contributed by atoms with Crippen molar-refractivity contribution in [2.24, 2.45) is 0 Å². The van der Waals surface area contributed by atoms with E-state index in [9.17, 15) is 9.90 Å². The Hall–Kier alpha value is -1.81. The van der Waals surface area contributed by atoms with Crippen LogP contribution in [0.15, 0.2) is 43.0 Å². The van der Waals surface area contributed by atoms with Gasteiger partial charge < -0.3 is 14.6 Å². The summed E-state index contributed by atoms with van der Waals surface area (Å²) in [7, 11) is 0. The van der Waals surface area contributed by atoms with Crippen LogP contribution < -0.4 is 4.74 Å². The summed E-state index contributed by atoms with van der Waals surface area (Å²) < 4.78 is 10.5. The lowest BCUT2D eigenvalue weighted by atomic mass is 10.1. The van der Waals surface area contributed by atoms with Gasteiger partial charge in [-0.2, -0.15) is 0 Å². The predicted molar refractivity (Wildman–Crippen MR) is 72.9 cm³/mol. The van der Waals surface area contributed by atoms with Gasteiger partial charge in [-0.1, -0.05) is 38.1 Å². The summed E-state index contributed by atoms with van der Waals surface area (Å²) in [4.78, 5) is 11.0. The number of hydrogen-bond acceptors (Lipinski definition) is 4. The molecule has 0 fully saturated rings. The molecule has 2 unspecified atom stereocenters. The van der Waals surface area contributed by atoms with Crippen LogP contribution in [-0.2, 0) is 9.53 Å². The van der Waals surface area contributed by atoms with Gasteiger partial charge >= 0.3 is 5.97 Å². The summed E-state index contributed by atoms with van der Waals surface area (Å²) >= 11 is 0. The zero-order chi connectivity index (χ0) is 14.1. The van der Waals surface area contributed by atoms with Crippen molar-refractivity contribution in [3.63, 3.8) is 0 Å². The molecule has 1 aromatic rings. The largest absolute Gasteiger partial charge is 0.488 e. The van der Waals surface area contributed by atoms with E-state index >= 15 is 0 Å². The highest BCUT2D eigenvalue weighted by Gasteiger charge is 2.21. The first kappa shape index (κ1) is 15.2. The molecule has 1 rings (SSSR count). The van der Waals surface area contributed by atoms with Crippen molar-refractivity contribution in [3.8, 4) is 5.75 Å². The van der Waals surface area contributed by atoms with Crippen LogP contribution in [0.1, 0.15) is 19.8 Å². The van der Waals surface area contributed by atoms with Crippen LogP contribution in [0.2, 0.25) is 0 Å². The molecule has 0 radical (unpaired) electrons. The molecule has 104 valence electrons. The second-order valence-electron chi connectivity index (χ2n) is 4.16. The maximum Gasteiger partial charge on any atom is 0.330 e. The second-order valence-corrected chi connectivity index (χ2v) is 4.16. The zero-order valence-corrected chi connectivity index (χ0v) is 11.1. The van der Waals surface area contributed by atoms with Gasteiger partial charge in [0, 0.05) is 6.08 Å². The average Bonchev–Trinajstić information content (AvgIpc) is 2.45. The lowest BCUT2D eigenvalue weighted by molar-refractivity contribution is -0.142. The number of ether oxygens (including phenoxy) is 2. The zero-order valence-electron chi connectivity index (χ0n) is 11.1. The molecule has 2 atom stereocenters. The van der Waals surface area contributed by atoms with E-state index in [2.05, 4.69) is 6.58 Å². The Morgan fingerprint density at radius 2 is 2.11 bits per heavy atom. The van der Waals surface area contributed by atoms with Crippen LogP contribution in [0.25, 0.3) is 0 Å². The van der Waals surface area contributed by atoms with Crippen LogP contribution >= 0.6 is 0 Å². The van der Waals surface area contributed by atoms with Gasteiger partial charge in [0.05, 0.1) is 0 Å². The molecule has 0 aliphatic carbocycles. The van der Waals surface area contributed by atoms with E-state index in [0.29, 0.717) is 12.2 Å². The minimum absolute atomic E-state index is 0.0949. The van der Waals surface area contributed by atoms with Crippen molar-refractivity contribution >= 4 is 5.97 Å². The predicted octanol–water partition coefficient (Wildman–Crippen LogP) is 2.32. The quantitative estimate of drug-likeness (QED) is 0.578. The third kappa shape index (κ3) is 5.57. The van der Waals surface area contributed by atoms with Gasteiger partial charge in [0.2, 0.25) is 0 Å². The van der Waals surface area contributed by atoms with Crippen LogP contribution in [0.4, 0.5) is 0 Å². The molecular formula is C15H20O4. The molecule has 1 aromatic carbocycles. The molecule has 0 aliphatic heterocycles. The van der Waals surface area contributed by atoms with Crippen molar-refractivity contribution in [2.75, 3.05) is 6.61 Å². The fourth-order valence-electron chi connectivity index (χ4n) is 1.62. The first-order valence-corrected chi connectivity index (χ1v) is 6.36. The molecule has 0 heterocycles. The summed E-state index contributed by atoms with van der Waals surface area (Å²) in [6, 6.07) is 9.27. The highest BCUT2D eigenvalue weighted by molar-refractivity contribution is 5.81. The number of esters is 1. The fraction of sp³-hybridized carbons (Fsp3) is 0.400. The van der Waals surface area contributed by atoms with E-state index in [-0.39, 0.29) is 6.61 Å². The Labute approximate surface area is 113 Å². The van der Waals surface area contributed by atoms with Gasteiger partial charge in [-0.25, -0.2) is 4.79 Å². The van der Waals surface area contributed by atoms with Gasteiger partial charge in [0.1, 0.15) is 24.6 Å². The van der Waals surface area contributed by atoms with Gasteiger partial charge in [0.15, 0.2) is 0 Å². The SMILES string of the molecule is C=CC(=O)OCC(O)C(CCC)Oc1ccccc1. The Balaban J connectivity index is 2.55. The van der Waals surface area contributed by atoms with E-state index in [4.69, 9.17) is 9.47 Å². The molecule has 4 nitrogen and oxygen atoms in total.